The molecule has 1 aliphatic heterocycles. The van der Waals surface area contributed by atoms with Gasteiger partial charge in [-0.2, -0.15) is 0 Å². The summed E-state index contributed by atoms with van der Waals surface area (Å²) in [5.41, 5.74) is 1.52. The standard InChI is InChI=1S/C21H30N2S.ClH/c1-22(15-11-17-7-6-10-21-18(17)12-16-24-21)19-8-2-3-9-20(19)23-13-4-5-14-23;/h6-7,10,12,16,19-20H,2-5,8-9,11,13-15H2,1H3;1H/t19-,20-;/m1./s1. The Morgan fingerprint density at radius 2 is 1.88 bits per heavy atom. The summed E-state index contributed by atoms with van der Waals surface area (Å²) in [7, 11) is 2.37. The maximum absolute atomic E-state index is 2.79. The number of likely N-dealkylation sites (tertiary alicyclic amines) is 1. The van der Waals surface area contributed by atoms with Crippen LogP contribution in [-0.2, 0) is 6.42 Å². The first kappa shape index (κ1) is 19.2. The Morgan fingerprint density at radius 3 is 2.72 bits per heavy atom. The number of benzene rings is 1. The third-order valence-corrected chi connectivity index (χ3v) is 7.07. The van der Waals surface area contributed by atoms with Crippen molar-refractivity contribution in [2.45, 2.75) is 57.0 Å². The van der Waals surface area contributed by atoms with Crippen molar-refractivity contribution in [1.82, 2.24) is 9.80 Å². The lowest BCUT2D eigenvalue weighted by Crippen LogP contribution is -2.51. The van der Waals surface area contributed by atoms with Crippen LogP contribution < -0.4 is 0 Å². The molecule has 4 heteroatoms. The van der Waals surface area contributed by atoms with E-state index in [-0.39, 0.29) is 12.4 Å². The smallest absolute Gasteiger partial charge is 0.0345 e. The van der Waals surface area contributed by atoms with Crippen LogP contribution in [0.15, 0.2) is 29.6 Å². The zero-order valence-corrected chi connectivity index (χ0v) is 17.0. The minimum absolute atomic E-state index is 0. The highest BCUT2D eigenvalue weighted by molar-refractivity contribution is 7.17. The fourth-order valence-corrected chi connectivity index (χ4v) is 5.68. The van der Waals surface area contributed by atoms with E-state index >= 15 is 0 Å². The molecule has 2 atom stereocenters. The first-order chi connectivity index (χ1) is 11.8. The summed E-state index contributed by atoms with van der Waals surface area (Å²) >= 11 is 1.86. The van der Waals surface area contributed by atoms with Crippen molar-refractivity contribution >= 4 is 33.8 Å². The molecule has 0 N–H and O–H groups in total. The Morgan fingerprint density at radius 1 is 1.08 bits per heavy atom. The van der Waals surface area contributed by atoms with Gasteiger partial charge in [-0.25, -0.2) is 0 Å². The Kier molecular flexibility index (Phi) is 6.79. The second-order valence-corrected chi connectivity index (χ2v) is 8.59. The summed E-state index contributed by atoms with van der Waals surface area (Å²) in [6, 6.07) is 10.7. The maximum Gasteiger partial charge on any atom is 0.0345 e. The zero-order valence-electron chi connectivity index (χ0n) is 15.3. The van der Waals surface area contributed by atoms with Gasteiger partial charge in [-0.15, -0.1) is 23.7 Å². The number of rotatable bonds is 5. The van der Waals surface area contributed by atoms with E-state index in [1.807, 2.05) is 11.3 Å². The second kappa shape index (κ2) is 8.85. The third kappa shape index (κ3) is 4.21. The van der Waals surface area contributed by atoms with Crippen LogP contribution in [0, 0.1) is 0 Å². The lowest BCUT2D eigenvalue weighted by Gasteiger charge is -2.42. The van der Waals surface area contributed by atoms with Crippen molar-refractivity contribution < 1.29 is 0 Å². The number of fused-ring (bicyclic) bond motifs is 1. The molecule has 0 spiro atoms. The van der Waals surface area contributed by atoms with Gasteiger partial charge in [0.05, 0.1) is 0 Å². The third-order valence-electron chi connectivity index (χ3n) is 6.19. The van der Waals surface area contributed by atoms with Gasteiger partial charge in [-0.05, 0) is 80.7 Å². The van der Waals surface area contributed by atoms with E-state index in [1.54, 1.807) is 0 Å². The van der Waals surface area contributed by atoms with Crippen molar-refractivity contribution in [2.75, 3.05) is 26.7 Å². The van der Waals surface area contributed by atoms with E-state index < -0.39 is 0 Å². The van der Waals surface area contributed by atoms with Gasteiger partial charge in [-0.3, -0.25) is 4.90 Å². The molecule has 0 unspecified atom stereocenters. The molecule has 1 saturated carbocycles. The highest BCUT2D eigenvalue weighted by Gasteiger charge is 2.33. The average molecular weight is 379 g/mol. The monoisotopic (exact) mass is 378 g/mol. The predicted molar refractivity (Wildman–Crippen MR) is 112 cm³/mol. The Labute approximate surface area is 162 Å². The van der Waals surface area contributed by atoms with Crippen LogP contribution in [-0.4, -0.2) is 48.6 Å². The summed E-state index contributed by atoms with van der Waals surface area (Å²) in [6.07, 6.45) is 9.64. The van der Waals surface area contributed by atoms with E-state index in [1.165, 1.54) is 80.2 Å². The molecule has 1 aromatic heterocycles. The Hall–Kier alpha value is -0.610. The van der Waals surface area contributed by atoms with Gasteiger partial charge in [0.15, 0.2) is 0 Å². The van der Waals surface area contributed by atoms with Crippen molar-refractivity contribution in [3.8, 4) is 0 Å². The number of likely N-dealkylation sites (N-methyl/N-ethyl adjacent to an activating group) is 1. The maximum atomic E-state index is 2.79. The highest BCUT2D eigenvalue weighted by atomic mass is 35.5. The summed E-state index contributed by atoms with van der Waals surface area (Å²) in [5.74, 6) is 0. The lowest BCUT2D eigenvalue weighted by molar-refractivity contribution is 0.0772. The normalized spacial score (nSPS) is 24.7. The molecular formula is C21H31ClN2S. The molecule has 1 saturated heterocycles. The van der Waals surface area contributed by atoms with Crippen molar-refractivity contribution in [1.29, 1.82) is 0 Å². The molecule has 2 fully saturated rings. The molecule has 1 aromatic carbocycles. The van der Waals surface area contributed by atoms with Crippen molar-refractivity contribution in [3.05, 3.63) is 35.2 Å². The molecule has 0 radical (unpaired) electrons. The average Bonchev–Trinajstić information content (AvgIpc) is 3.31. The predicted octanol–water partition coefficient (Wildman–Crippen LogP) is 5.20. The quantitative estimate of drug-likeness (QED) is 0.705. The van der Waals surface area contributed by atoms with Crippen LogP contribution in [0.25, 0.3) is 10.1 Å². The summed E-state index contributed by atoms with van der Waals surface area (Å²) in [6.45, 7) is 3.86. The van der Waals surface area contributed by atoms with Gasteiger partial charge in [0.2, 0.25) is 0 Å². The first-order valence-corrected chi connectivity index (χ1v) is 10.6. The van der Waals surface area contributed by atoms with E-state index in [4.69, 9.17) is 0 Å². The molecule has 2 aromatic rings. The van der Waals surface area contributed by atoms with Crippen LogP contribution in [0.5, 0.6) is 0 Å². The molecule has 25 heavy (non-hydrogen) atoms. The Balaban J connectivity index is 0.00000182. The molecular weight excluding hydrogens is 348 g/mol. The SMILES string of the molecule is CN(CCc1cccc2sccc12)[C@@H]1CCCC[C@H]1N1CCCC1.Cl. The van der Waals surface area contributed by atoms with Crippen LogP contribution in [0.3, 0.4) is 0 Å². The fourth-order valence-electron chi connectivity index (χ4n) is 4.84. The molecule has 4 rings (SSSR count). The molecule has 0 amide bonds. The molecule has 2 aliphatic rings. The van der Waals surface area contributed by atoms with Gasteiger partial charge in [-0.1, -0.05) is 25.0 Å². The summed E-state index contributed by atoms with van der Waals surface area (Å²) in [4.78, 5) is 5.47. The van der Waals surface area contributed by atoms with E-state index in [0.29, 0.717) is 0 Å². The first-order valence-electron chi connectivity index (χ1n) is 9.72. The van der Waals surface area contributed by atoms with Crippen molar-refractivity contribution in [3.63, 3.8) is 0 Å². The van der Waals surface area contributed by atoms with Crippen LogP contribution in [0.4, 0.5) is 0 Å². The molecule has 2 heterocycles. The van der Waals surface area contributed by atoms with Crippen LogP contribution >= 0.6 is 23.7 Å². The van der Waals surface area contributed by atoms with Gasteiger partial charge in [0.25, 0.3) is 0 Å². The number of hydrogen-bond donors (Lipinski definition) is 0. The van der Waals surface area contributed by atoms with E-state index in [2.05, 4.69) is 46.5 Å². The number of thiophene rings is 1. The summed E-state index contributed by atoms with van der Waals surface area (Å²) in [5, 5.41) is 3.69. The number of hydrogen-bond acceptors (Lipinski definition) is 3. The lowest BCUT2D eigenvalue weighted by atomic mass is 9.88. The van der Waals surface area contributed by atoms with Crippen LogP contribution in [0.2, 0.25) is 0 Å². The van der Waals surface area contributed by atoms with Gasteiger partial charge < -0.3 is 4.90 Å². The van der Waals surface area contributed by atoms with E-state index in [9.17, 15) is 0 Å². The molecule has 0 bridgehead atoms. The second-order valence-electron chi connectivity index (χ2n) is 7.64. The van der Waals surface area contributed by atoms with Gasteiger partial charge >= 0.3 is 0 Å². The fraction of sp³-hybridized carbons (Fsp3) is 0.619. The summed E-state index contributed by atoms with van der Waals surface area (Å²) < 4.78 is 1.43. The van der Waals surface area contributed by atoms with Gasteiger partial charge in [0, 0.05) is 23.3 Å². The number of nitrogens with zero attached hydrogens (tertiary/aromatic N) is 2. The van der Waals surface area contributed by atoms with Crippen LogP contribution in [0.1, 0.15) is 44.1 Å². The van der Waals surface area contributed by atoms with E-state index in [0.717, 1.165) is 12.1 Å². The molecule has 1 aliphatic carbocycles. The largest absolute Gasteiger partial charge is 0.302 e. The zero-order chi connectivity index (χ0) is 16.4. The molecule has 2 nitrogen and oxygen atoms in total. The topological polar surface area (TPSA) is 6.48 Å². The minimum atomic E-state index is 0. The van der Waals surface area contributed by atoms with Gasteiger partial charge in [0.1, 0.15) is 0 Å². The highest BCUT2D eigenvalue weighted by Crippen LogP contribution is 2.30. The van der Waals surface area contributed by atoms with Crippen molar-refractivity contribution in [2.24, 2.45) is 0 Å². The number of halogens is 1. The molecule has 138 valence electrons. The Bertz CT molecular complexity index is 665. The minimum Gasteiger partial charge on any atom is -0.302 e.